The van der Waals surface area contributed by atoms with Gasteiger partial charge in [0.1, 0.15) is 6.04 Å². The van der Waals surface area contributed by atoms with E-state index >= 15 is 0 Å². The van der Waals surface area contributed by atoms with E-state index in [1.807, 2.05) is 13.8 Å². The molecule has 0 saturated heterocycles. The van der Waals surface area contributed by atoms with Crippen LogP contribution in [0.2, 0.25) is 0 Å². The zero-order valence-electron chi connectivity index (χ0n) is 18.5. The number of hydrogen-bond acceptors (Lipinski definition) is 8. The number of benzene rings is 1. The Bertz CT molecular complexity index is 1210. The molecule has 10 nitrogen and oxygen atoms in total. The predicted molar refractivity (Wildman–Crippen MR) is 120 cm³/mol. The van der Waals surface area contributed by atoms with E-state index in [0.717, 1.165) is 0 Å². The fourth-order valence-electron chi connectivity index (χ4n) is 2.98. The van der Waals surface area contributed by atoms with Crippen molar-refractivity contribution in [2.24, 2.45) is 5.92 Å². The van der Waals surface area contributed by atoms with Gasteiger partial charge in [0.25, 0.3) is 0 Å². The van der Waals surface area contributed by atoms with Gasteiger partial charge >= 0.3 is 0 Å². The van der Waals surface area contributed by atoms with Gasteiger partial charge in [0.15, 0.2) is 5.78 Å². The van der Waals surface area contributed by atoms with E-state index in [4.69, 9.17) is 4.52 Å². The van der Waals surface area contributed by atoms with Gasteiger partial charge in [-0.15, -0.1) is 0 Å². The van der Waals surface area contributed by atoms with Crippen molar-refractivity contribution >= 4 is 21.7 Å². The summed E-state index contributed by atoms with van der Waals surface area (Å²) in [5.41, 5.74) is 1.10. The molecule has 0 saturated carbocycles. The monoisotopic (exact) mass is 471 g/mol. The highest BCUT2D eigenvalue weighted by molar-refractivity contribution is 7.89. The number of sulfonamides is 1. The van der Waals surface area contributed by atoms with Crippen LogP contribution in [0, 0.1) is 5.92 Å². The molecule has 2 heterocycles. The molecule has 0 bridgehead atoms. The first-order valence-electron chi connectivity index (χ1n) is 10.3. The maximum atomic E-state index is 12.5. The molecule has 2 aromatic heterocycles. The lowest BCUT2D eigenvalue weighted by Crippen LogP contribution is -2.35. The minimum Gasteiger partial charge on any atom is -0.344 e. The molecule has 3 aromatic rings. The standard InChI is InChI=1S/C22H25N5O5S/c1-14(2)20(22-26-21(27-32-22)17-5-4-11-23-13-17)25-19(29)10-12-24-33(30,31)18-8-6-16(7-9-18)15(3)28/h4-9,11,13-14,20,24H,10,12H2,1-3H3,(H,25,29). The maximum absolute atomic E-state index is 12.5. The number of ketones is 1. The Hall–Kier alpha value is -3.44. The zero-order valence-corrected chi connectivity index (χ0v) is 19.3. The molecule has 2 N–H and O–H groups in total. The number of hydrogen-bond donors (Lipinski definition) is 2. The summed E-state index contributed by atoms with van der Waals surface area (Å²) < 4.78 is 32.6. The molecule has 11 heteroatoms. The average molecular weight is 472 g/mol. The fraction of sp³-hybridized carbons (Fsp3) is 0.318. The van der Waals surface area contributed by atoms with Gasteiger partial charge in [-0.05, 0) is 37.1 Å². The van der Waals surface area contributed by atoms with Crippen molar-refractivity contribution in [2.45, 2.75) is 38.1 Å². The predicted octanol–water partition coefficient (Wildman–Crippen LogP) is 2.52. The number of aromatic nitrogens is 3. The van der Waals surface area contributed by atoms with Crippen molar-refractivity contribution in [3.63, 3.8) is 0 Å². The number of nitrogens with one attached hydrogen (secondary N) is 2. The third-order valence-electron chi connectivity index (χ3n) is 4.83. The first-order valence-corrected chi connectivity index (χ1v) is 11.8. The first-order chi connectivity index (χ1) is 15.7. The molecular weight excluding hydrogens is 446 g/mol. The van der Waals surface area contributed by atoms with Crippen LogP contribution >= 0.6 is 0 Å². The molecule has 174 valence electrons. The molecule has 1 amide bonds. The molecule has 0 aliphatic heterocycles. The number of nitrogens with zero attached hydrogens (tertiary/aromatic N) is 3. The summed E-state index contributed by atoms with van der Waals surface area (Å²) in [5, 5.41) is 6.77. The highest BCUT2D eigenvalue weighted by atomic mass is 32.2. The summed E-state index contributed by atoms with van der Waals surface area (Å²) in [5.74, 6) is 0.0408. The van der Waals surface area contributed by atoms with Gasteiger partial charge in [-0.1, -0.05) is 31.1 Å². The van der Waals surface area contributed by atoms with E-state index in [2.05, 4.69) is 25.2 Å². The summed E-state index contributed by atoms with van der Waals surface area (Å²) >= 11 is 0. The van der Waals surface area contributed by atoms with Gasteiger partial charge in [0.2, 0.25) is 27.6 Å². The van der Waals surface area contributed by atoms with Crippen LogP contribution in [0.4, 0.5) is 0 Å². The lowest BCUT2D eigenvalue weighted by Gasteiger charge is -2.18. The third-order valence-corrected chi connectivity index (χ3v) is 6.30. The number of rotatable bonds is 10. The Morgan fingerprint density at radius 2 is 1.85 bits per heavy atom. The van der Waals surface area contributed by atoms with E-state index in [1.165, 1.54) is 31.2 Å². The Morgan fingerprint density at radius 3 is 2.45 bits per heavy atom. The van der Waals surface area contributed by atoms with Crippen LogP contribution in [0.5, 0.6) is 0 Å². The number of pyridine rings is 1. The van der Waals surface area contributed by atoms with Gasteiger partial charge in [-0.2, -0.15) is 4.98 Å². The topological polar surface area (TPSA) is 144 Å². The molecule has 33 heavy (non-hydrogen) atoms. The maximum Gasteiger partial charge on any atom is 0.249 e. The minimum atomic E-state index is -3.81. The molecule has 1 atom stereocenters. The molecule has 3 rings (SSSR count). The Balaban J connectivity index is 1.58. The van der Waals surface area contributed by atoms with Crippen molar-refractivity contribution in [1.29, 1.82) is 0 Å². The summed E-state index contributed by atoms with van der Waals surface area (Å²) in [6.07, 6.45) is 3.16. The first kappa shape index (κ1) is 24.2. The lowest BCUT2D eigenvalue weighted by atomic mass is 10.0. The van der Waals surface area contributed by atoms with E-state index in [1.54, 1.807) is 24.5 Å². The second-order valence-corrected chi connectivity index (χ2v) is 9.48. The van der Waals surface area contributed by atoms with E-state index in [0.29, 0.717) is 17.0 Å². The molecule has 0 aliphatic rings. The van der Waals surface area contributed by atoms with Crippen molar-refractivity contribution < 1.29 is 22.5 Å². The van der Waals surface area contributed by atoms with Gasteiger partial charge in [0.05, 0.1) is 4.90 Å². The average Bonchev–Trinajstić information content (AvgIpc) is 3.27. The summed E-state index contributed by atoms with van der Waals surface area (Å²) in [6.45, 7) is 5.09. The van der Waals surface area contributed by atoms with Gasteiger partial charge in [-0.25, -0.2) is 13.1 Å². The largest absolute Gasteiger partial charge is 0.344 e. The molecular formula is C22H25N5O5S. The number of amides is 1. The molecule has 0 spiro atoms. The number of Topliss-reactive ketones (excluding diaryl/α,β-unsaturated/α-hetero) is 1. The van der Waals surface area contributed by atoms with Gasteiger partial charge < -0.3 is 9.84 Å². The van der Waals surface area contributed by atoms with Crippen molar-refractivity contribution in [3.05, 3.63) is 60.2 Å². The zero-order chi connectivity index (χ0) is 24.0. The number of carbonyl (C=O) groups excluding carboxylic acids is 2. The van der Waals surface area contributed by atoms with Crippen LogP contribution in [-0.4, -0.2) is 41.8 Å². The quantitative estimate of drug-likeness (QED) is 0.429. The molecule has 0 radical (unpaired) electrons. The van der Waals surface area contributed by atoms with Crippen LogP contribution in [0.1, 0.15) is 49.5 Å². The Morgan fingerprint density at radius 1 is 1.12 bits per heavy atom. The molecule has 1 aromatic carbocycles. The highest BCUT2D eigenvalue weighted by Gasteiger charge is 2.25. The van der Waals surface area contributed by atoms with Crippen molar-refractivity contribution in [3.8, 4) is 11.4 Å². The van der Waals surface area contributed by atoms with Crippen LogP contribution in [0.3, 0.4) is 0 Å². The SMILES string of the molecule is CC(=O)c1ccc(S(=O)(=O)NCCC(=O)NC(c2nc(-c3cccnc3)no2)C(C)C)cc1. The van der Waals surface area contributed by atoms with Crippen molar-refractivity contribution in [1.82, 2.24) is 25.2 Å². The van der Waals surface area contributed by atoms with Gasteiger partial charge in [0, 0.05) is 36.5 Å². The normalized spacial score (nSPS) is 12.5. The number of carbonyl (C=O) groups is 2. The third kappa shape index (κ3) is 6.30. The second kappa shape index (κ2) is 10.5. The molecule has 0 aliphatic carbocycles. The van der Waals surface area contributed by atoms with Crippen LogP contribution < -0.4 is 10.0 Å². The summed E-state index contributed by atoms with van der Waals surface area (Å²) in [7, 11) is -3.81. The summed E-state index contributed by atoms with van der Waals surface area (Å²) in [4.78, 5) is 32.2. The van der Waals surface area contributed by atoms with Gasteiger partial charge in [-0.3, -0.25) is 14.6 Å². The van der Waals surface area contributed by atoms with Crippen LogP contribution in [0.15, 0.2) is 58.2 Å². The molecule has 1 unspecified atom stereocenters. The molecule has 0 fully saturated rings. The van der Waals surface area contributed by atoms with E-state index in [9.17, 15) is 18.0 Å². The fourth-order valence-corrected chi connectivity index (χ4v) is 4.02. The second-order valence-electron chi connectivity index (χ2n) is 7.72. The smallest absolute Gasteiger partial charge is 0.249 e. The summed E-state index contributed by atoms with van der Waals surface area (Å²) in [6, 6.07) is 8.61. The lowest BCUT2D eigenvalue weighted by molar-refractivity contribution is -0.122. The highest BCUT2D eigenvalue weighted by Crippen LogP contribution is 2.23. The Labute approximate surface area is 191 Å². The minimum absolute atomic E-state index is 0.0155. The Kier molecular flexibility index (Phi) is 7.67. The van der Waals surface area contributed by atoms with Crippen LogP contribution in [0.25, 0.3) is 11.4 Å². The van der Waals surface area contributed by atoms with E-state index in [-0.39, 0.29) is 41.4 Å². The van der Waals surface area contributed by atoms with Crippen LogP contribution in [-0.2, 0) is 14.8 Å². The van der Waals surface area contributed by atoms with Crippen molar-refractivity contribution in [2.75, 3.05) is 6.54 Å². The van der Waals surface area contributed by atoms with E-state index < -0.39 is 16.1 Å².